The van der Waals surface area contributed by atoms with Crippen LogP contribution in [0.1, 0.15) is 0 Å². The van der Waals surface area contributed by atoms with Crippen LogP contribution < -0.4 is 0 Å². The van der Waals surface area contributed by atoms with Gasteiger partial charge in [0.15, 0.2) is 17.4 Å². The number of hydrogen-bond donors (Lipinski definition) is 0. The fraction of sp³-hybridized carbons (Fsp3) is 0. The Hall–Kier alpha value is 2.20. The van der Waals surface area contributed by atoms with Crippen LogP contribution in [-0.2, 0) is 44.1 Å². The standard InChI is InChI=1S/Al.H3Si.Ta.Ti.3H/h;1H3;;;;;. The van der Waals surface area contributed by atoms with E-state index in [4.69, 9.17) is 0 Å². The van der Waals surface area contributed by atoms with Crippen LogP contribution in [0.2, 0.25) is 0 Å². The van der Waals surface area contributed by atoms with Crippen molar-refractivity contribution in [1.29, 1.82) is 0 Å². The van der Waals surface area contributed by atoms with Gasteiger partial charge in [0, 0.05) is 44.1 Å². The third-order valence-electron chi connectivity index (χ3n) is 0. The Balaban J connectivity index is 0. The molecule has 0 rings (SSSR count). The molecule has 0 heterocycles. The van der Waals surface area contributed by atoms with Crippen LogP contribution in [0.15, 0.2) is 0 Å². The van der Waals surface area contributed by atoms with E-state index in [1.54, 1.807) is 0 Å². The van der Waals surface area contributed by atoms with E-state index in [1.165, 1.54) is 0 Å². The van der Waals surface area contributed by atoms with Crippen LogP contribution >= 0.6 is 0 Å². The SMILES string of the molecule is [AlH3].[SiH3].[Ta].[Ti]. The zero-order valence-corrected chi connectivity index (χ0v) is 8.72. The van der Waals surface area contributed by atoms with Gasteiger partial charge in [-0.3, -0.25) is 0 Å². The molecule has 22 valence electrons. The smallest absolute Gasteiger partial charge is 0.0125 e. The average molecular weight is 290 g/mol. The second-order valence-corrected chi connectivity index (χ2v) is 0. The van der Waals surface area contributed by atoms with E-state index in [-0.39, 0.29) is 72.4 Å². The molecule has 0 spiro atoms. The molecule has 0 N–H and O–H groups in total. The van der Waals surface area contributed by atoms with E-state index in [9.17, 15) is 0 Å². The van der Waals surface area contributed by atoms with Crippen LogP contribution in [-0.4, -0.2) is 28.3 Å². The van der Waals surface area contributed by atoms with Crippen molar-refractivity contribution in [3.05, 3.63) is 0 Å². The molecule has 0 aromatic heterocycles. The summed E-state index contributed by atoms with van der Waals surface area (Å²) in [6.07, 6.45) is 0. The van der Waals surface area contributed by atoms with Crippen LogP contribution in [0.3, 0.4) is 0 Å². The molecular weight excluding hydrogens is 284 g/mol. The van der Waals surface area contributed by atoms with Crippen LogP contribution in [0.5, 0.6) is 0 Å². The quantitative estimate of drug-likeness (QED) is 0.437. The van der Waals surface area contributed by atoms with Crippen LogP contribution in [0.25, 0.3) is 0 Å². The molecular formula is H6AlSiTaTi. The summed E-state index contributed by atoms with van der Waals surface area (Å²) in [7, 11) is 0. The van der Waals surface area contributed by atoms with Gasteiger partial charge < -0.3 is 0 Å². The first-order valence-electron chi connectivity index (χ1n) is 0. The Morgan fingerprint density at radius 2 is 1.00 bits per heavy atom. The topological polar surface area (TPSA) is 0 Å². The average Bonchev–Trinajstić information content (AvgIpc) is 0. The van der Waals surface area contributed by atoms with E-state index < -0.39 is 0 Å². The van der Waals surface area contributed by atoms with Crippen molar-refractivity contribution in [2.24, 2.45) is 0 Å². The maximum Gasteiger partial charge on any atom is 0.187 e. The van der Waals surface area contributed by atoms with Gasteiger partial charge in [0.2, 0.25) is 0 Å². The summed E-state index contributed by atoms with van der Waals surface area (Å²) >= 11 is 0. The molecule has 0 atom stereocenters. The monoisotopic (exact) mass is 290 g/mol. The Kier molecular flexibility index (Phi) is 164. The molecule has 0 saturated carbocycles. The molecule has 0 bridgehead atoms. The minimum Gasteiger partial charge on any atom is -0.0125 e. The first-order valence-corrected chi connectivity index (χ1v) is 0. The minimum atomic E-state index is 0. The predicted octanol–water partition coefficient (Wildman–Crippen LogP) is -2.37. The molecule has 0 aliphatic carbocycles. The fourth-order valence-electron chi connectivity index (χ4n) is 0. The van der Waals surface area contributed by atoms with Gasteiger partial charge in [-0.1, -0.05) is 0 Å². The third-order valence-corrected chi connectivity index (χ3v) is 0. The van der Waals surface area contributed by atoms with E-state index in [2.05, 4.69) is 0 Å². The van der Waals surface area contributed by atoms with E-state index in [1.807, 2.05) is 0 Å². The van der Waals surface area contributed by atoms with Crippen molar-refractivity contribution in [3.8, 4) is 0 Å². The summed E-state index contributed by atoms with van der Waals surface area (Å²) in [5.41, 5.74) is 0. The molecule has 4 heteroatoms. The van der Waals surface area contributed by atoms with Gasteiger partial charge >= 0.3 is 0 Å². The maximum absolute atomic E-state index is 0. The summed E-state index contributed by atoms with van der Waals surface area (Å²) in [6.45, 7) is 0. The van der Waals surface area contributed by atoms with Gasteiger partial charge in [0.05, 0.1) is 0 Å². The first-order chi connectivity index (χ1) is 0. The third kappa shape index (κ3) is 8.88. The molecule has 0 fully saturated rings. The maximum atomic E-state index is 0. The number of rotatable bonds is 0. The predicted molar refractivity (Wildman–Crippen MR) is 19.9 cm³/mol. The molecule has 0 aromatic carbocycles. The van der Waals surface area contributed by atoms with Crippen LogP contribution in [0, 0.1) is 0 Å². The van der Waals surface area contributed by atoms with Crippen molar-refractivity contribution >= 4 is 28.3 Å². The minimum absolute atomic E-state index is 0. The number of hydrogen-bond acceptors (Lipinski definition) is 0. The zero-order chi connectivity index (χ0) is 0. The van der Waals surface area contributed by atoms with E-state index >= 15 is 0 Å². The normalized spacial score (nSPS) is 0. The van der Waals surface area contributed by atoms with Crippen molar-refractivity contribution in [2.75, 3.05) is 0 Å². The van der Waals surface area contributed by atoms with Gasteiger partial charge in [-0.25, -0.2) is 0 Å². The summed E-state index contributed by atoms with van der Waals surface area (Å²) in [5.74, 6) is 0. The second-order valence-electron chi connectivity index (χ2n) is 0. The molecule has 4 heavy (non-hydrogen) atoms. The van der Waals surface area contributed by atoms with Crippen LogP contribution in [0.4, 0.5) is 0 Å². The van der Waals surface area contributed by atoms with Crippen molar-refractivity contribution in [2.45, 2.75) is 0 Å². The fourth-order valence-corrected chi connectivity index (χ4v) is 0. The molecule has 2 radical (unpaired) electrons. The van der Waals surface area contributed by atoms with Gasteiger partial charge in [-0.05, 0) is 11.0 Å². The Morgan fingerprint density at radius 3 is 1.00 bits per heavy atom. The first kappa shape index (κ1) is 34.6. The van der Waals surface area contributed by atoms with Crippen molar-refractivity contribution in [3.63, 3.8) is 0 Å². The molecule has 0 saturated heterocycles. The summed E-state index contributed by atoms with van der Waals surface area (Å²) < 4.78 is 0. The van der Waals surface area contributed by atoms with Gasteiger partial charge in [0.25, 0.3) is 0 Å². The Bertz CT molecular complexity index is 8.00. The summed E-state index contributed by atoms with van der Waals surface area (Å²) in [5, 5.41) is 0. The van der Waals surface area contributed by atoms with E-state index in [0.29, 0.717) is 0 Å². The Labute approximate surface area is 71.7 Å². The molecule has 0 aromatic rings. The molecule has 0 nitrogen and oxygen atoms in total. The van der Waals surface area contributed by atoms with E-state index in [0.717, 1.165) is 0 Å². The molecule has 0 amide bonds. The van der Waals surface area contributed by atoms with Gasteiger partial charge in [-0.15, -0.1) is 0 Å². The zero-order valence-electron chi connectivity index (χ0n) is 1.95. The molecule has 0 aliphatic rings. The van der Waals surface area contributed by atoms with Gasteiger partial charge in [-0.2, -0.15) is 0 Å². The largest absolute Gasteiger partial charge is 0.187 e. The van der Waals surface area contributed by atoms with Crippen molar-refractivity contribution in [1.82, 2.24) is 0 Å². The van der Waals surface area contributed by atoms with Gasteiger partial charge in [0.1, 0.15) is 0 Å². The summed E-state index contributed by atoms with van der Waals surface area (Å²) in [6, 6.07) is 0. The van der Waals surface area contributed by atoms with Crippen molar-refractivity contribution < 1.29 is 44.1 Å². The Morgan fingerprint density at radius 1 is 1.00 bits per heavy atom. The summed E-state index contributed by atoms with van der Waals surface area (Å²) in [4.78, 5) is 0. The molecule has 0 aliphatic heterocycles. The second kappa shape index (κ2) is 18.9. The molecule has 0 unspecified atom stereocenters.